The summed E-state index contributed by atoms with van der Waals surface area (Å²) in [5.41, 5.74) is 2.91. The van der Waals surface area contributed by atoms with Crippen molar-refractivity contribution in [2.45, 2.75) is 44.6 Å². The van der Waals surface area contributed by atoms with Crippen molar-refractivity contribution in [2.24, 2.45) is 0 Å². The molecule has 0 bridgehead atoms. The summed E-state index contributed by atoms with van der Waals surface area (Å²) >= 11 is 0. The van der Waals surface area contributed by atoms with Crippen LogP contribution in [0.3, 0.4) is 0 Å². The van der Waals surface area contributed by atoms with E-state index in [1.807, 2.05) is 6.07 Å². The normalized spacial score (nSPS) is 20.1. The van der Waals surface area contributed by atoms with Gasteiger partial charge in [-0.3, -0.25) is 4.79 Å². The highest BCUT2D eigenvalue weighted by Gasteiger charge is 2.28. The van der Waals surface area contributed by atoms with E-state index in [9.17, 15) is 4.79 Å². The van der Waals surface area contributed by atoms with Crippen molar-refractivity contribution < 1.29 is 9.53 Å². The highest BCUT2D eigenvalue weighted by Crippen LogP contribution is 2.28. The van der Waals surface area contributed by atoms with Gasteiger partial charge in [0.2, 0.25) is 0 Å². The second kappa shape index (κ2) is 3.93. The van der Waals surface area contributed by atoms with Crippen LogP contribution in [0.4, 0.5) is 0 Å². The van der Waals surface area contributed by atoms with Gasteiger partial charge in [-0.2, -0.15) is 0 Å². The number of ketones is 1. The van der Waals surface area contributed by atoms with Gasteiger partial charge in [-0.05, 0) is 48.9 Å². The number of ether oxygens (including phenoxy) is 1. The predicted octanol–water partition coefficient (Wildman–Crippen LogP) is 2.68. The van der Waals surface area contributed by atoms with Gasteiger partial charge >= 0.3 is 0 Å². The van der Waals surface area contributed by atoms with Gasteiger partial charge in [0, 0.05) is 12.8 Å². The zero-order chi connectivity index (χ0) is 11.0. The molecule has 2 heteroatoms. The van der Waals surface area contributed by atoms with Gasteiger partial charge in [-0.15, -0.1) is 0 Å². The molecular formula is C14H16O2. The fourth-order valence-corrected chi connectivity index (χ4v) is 2.51. The Labute approximate surface area is 95.6 Å². The molecule has 84 valence electrons. The zero-order valence-electron chi connectivity index (χ0n) is 9.37. The highest BCUT2D eigenvalue weighted by molar-refractivity contribution is 5.85. The molecule has 0 radical (unpaired) electrons. The average Bonchev–Trinajstić information content (AvgIpc) is 2.27. The standard InChI is InChI=1S/C14H16O2/c15-12-8-14(9-12)16-13-6-5-10-3-1-2-4-11(10)7-13/h5-7,14H,1-4,8-9H2. The molecule has 0 saturated heterocycles. The lowest BCUT2D eigenvalue weighted by molar-refractivity contribution is -0.129. The molecule has 0 aromatic heterocycles. The Morgan fingerprint density at radius 1 is 1.06 bits per heavy atom. The number of hydrogen-bond acceptors (Lipinski definition) is 2. The third kappa shape index (κ3) is 1.84. The molecule has 1 saturated carbocycles. The summed E-state index contributed by atoms with van der Waals surface area (Å²) in [4.78, 5) is 10.9. The summed E-state index contributed by atoms with van der Waals surface area (Å²) < 4.78 is 5.77. The van der Waals surface area contributed by atoms with E-state index in [1.165, 1.54) is 36.8 Å². The average molecular weight is 216 g/mol. The second-order valence-electron chi connectivity index (χ2n) is 4.82. The molecule has 0 N–H and O–H groups in total. The topological polar surface area (TPSA) is 26.3 Å². The molecule has 1 aromatic rings. The lowest BCUT2D eigenvalue weighted by Crippen LogP contribution is -2.33. The molecular weight excluding hydrogens is 200 g/mol. The third-order valence-corrected chi connectivity index (χ3v) is 3.53. The molecule has 0 spiro atoms. The van der Waals surface area contributed by atoms with Crippen molar-refractivity contribution in [2.75, 3.05) is 0 Å². The summed E-state index contributed by atoms with van der Waals surface area (Å²) in [6, 6.07) is 6.40. The molecule has 0 amide bonds. The van der Waals surface area contributed by atoms with Crippen LogP contribution in [0.15, 0.2) is 18.2 Å². The van der Waals surface area contributed by atoms with Crippen molar-refractivity contribution in [1.82, 2.24) is 0 Å². The predicted molar refractivity (Wildman–Crippen MR) is 61.7 cm³/mol. The molecule has 2 aliphatic carbocycles. The van der Waals surface area contributed by atoms with Gasteiger partial charge in [0.15, 0.2) is 0 Å². The molecule has 3 rings (SSSR count). The first-order chi connectivity index (χ1) is 7.81. The van der Waals surface area contributed by atoms with E-state index in [4.69, 9.17) is 4.74 Å². The number of fused-ring (bicyclic) bond motifs is 1. The minimum atomic E-state index is 0.133. The Hall–Kier alpha value is -1.31. The second-order valence-corrected chi connectivity index (χ2v) is 4.82. The van der Waals surface area contributed by atoms with E-state index < -0.39 is 0 Å². The van der Waals surface area contributed by atoms with Crippen LogP contribution in [0.25, 0.3) is 0 Å². The Bertz CT molecular complexity index is 415. The van der Waals surface area contributed by atoms with Crippen LogP contribution in [0.2, 0.25) is 0 Å². The van der Waals surface area contributed by atoms with Crippen molar-refractivity contribution in [3.05, 3.63) is 29.3 Å². The first-order valence-electron chi connectivity index (χ1n) is 6.11. The Kier molecular flexibility index (Phi) is 2.43. The van der Waals surface area contributed by atoms with E-state index in [2.05, 4.69) is 12.1 Å². The van der Waals surface area contributed by atoms with E-state index in [0.717, 1.165) is 5.75 Å². The van der Waals surface area contributed by atoms with Crippen molar-refractivity contribution in [1.29, 1.82) is 0 Å². The quantitative estimate of drug-likeness (QED) is 0.759. The summed E-state index contributed by atoms with van der Waals surface area (Å²) in [6.07, 6.45) is 6.30. The number of benzene rings is 1. The van der Waals surface area contributed by atoms with Gasteiger partial charge in [-0.1, -0.05) is 6.07 Å². The Morgan fingerprint density at radius 3 is 2.56 bits per heavy atom. The smallest absolute Gasteiger partial charge is 0.140 e. The zero-order valence-corrected chi connectivity index (χ0v) is 9.37. The summed E-state index contributed by atoms with van der Waals surface area (Å²) in [5.74, 6) is 1.26. The number of carbonyl (C=O) groups excluding carboxylic acids is 1. The van der Waals surface area contributed by atoms with Crippen LogP contribution < -0.4 is 4.74 Å². The molecule has 0 aliphatic heterocycles. The summed E-state index contributed by atoms with van der Waals surface area (Å²) in [5, 5.41) is 0. The summed E-state index contributed by atoms with van der Waals surface area (Å²) in [6.45, 7) is 0. The van der Waals surface area contributed by atoms with E-state index in [1.54, 1.807) is 0 Å². The molecule has 2 nitrogen and oxygen atoms in total. The Morgan fingerprint density at radius 2 is 1.81 bits per heavy atom. The molecule has 0 unspecified atom stereocenters. The minimum absolute atomic E-state index is 0.133. The van der Waals surface area contributed by atoms with Crippen LogP contribution in [0.5, 0.6) is 5.75 Å². The van der Waals surface area contributed by atoms with Crippen LogP contribution >= 0.6 is 0 Å². The van der Waals surface area contributed by atoms with Crippen molar-refractivity contribution in [3.8, 4) is 5.75 Å². The van der Waals surface area contributed by atoms with E-state index >= 15 is 0 Å². The van der Waals surface area contributed by atoms with Crippen LogP contribution in [0, 0.1) is 0 Å². The fraction of sp³-hybridized carbons (Fsp3) is 0.500. The van der Waals surface area contributed by atoms with Crippen LogP contribution in [-0.4, -0.2) is 11.9 Å². The number of carbonyl (C=O) groups is 1. The van der Waals surface area contributed by atoms with Gasteiger partial charge in [0.25, 0.3) is 0 Å². The lowest BCUT2D eigenvalue weighted by Gasteiger charge is -2.26. The Balaban J connectivity index is 1.73. The molecule has 2 aliphatic rings. The molecule has 1 aromatic carbocycles. The first kappa shape index (κ1) is 9.88. The monoisotopic (exact) mass is 216 g/mol. The highest BCUT2D eigenvalue weighted by atomic mass is 16.5. The van der Waals surface area contributed by atoms with Crippen molar-refractivity contribution >= 4 is 5.78 Å². The molecule has 16 heavy (non-hydrogen) atoms. The number of aryl methyl sites for hydroxylation is 2. The first-order valence-corrected chi connectivity index (χ1v) is 6.11. The number of rotatable bonds is 2. The van der Waals surface area contributed by atoms with Gasteiger partial charge < -0.3 is 4.74 Å². The maximum Gasteiger partial charge on any atom is 0.140 e. The van der Waals surface area contributed by atoms with Crippen molar-refractivity contribution in [3.63, 3.8) is 0 Å². The van der Waals surface area contributed by atoms with Gasteiger partial charge in [0.1, 0.15) is 17.6 Å². The molecule has 1 fully saturated rings. The largest absolute Gasteiger partial charge is 0.490 e. The SMILES string of the molecule is O=C1CC(Oc2ccc3c(c2)CCCC3)C1. The maximum atomic E-state index is 10.9. The van der Waals surface area contributed by atoms with Gasteiger partial charge in [0.05, 0.1) is 0 Å². The fourth-order valence-electron chi connectivity index (χ4n) is 2.51. The van der Waals surface area contributed by atoms with Gasteiger partial charge in [-0.25, -0.2) is 0 Å². The van der Waals surface area contributed by atoms with E-state index in [0.29, 0.717) is 18.6 Å². The number of Topliss-reactive ketones (excluding diaryl/α,β-unsaturated/α-hetero) is 1. The maximum absolute atomic E-state index is 10.9. The summed E-state index contributed by atoms with van der Waals surface area (Å²) in [7, 11) is 0. The van der Waals surface area contributed by atoms with Crippen LogP contribution in [0.1, 0.15) is 36.8 Å². The molecule has 0 heterocycles. The van der Waals surface area contributed by atoms with Crippen LogP contribution in [-0.2, 0) is 17.6 Å². The lowest BCUT2D eigenvalue weighted by atomic mass is 9.91. The molecule has 0 atom stereocenters. The minimum Gasteiger partial charge on any atom is -0.490 e. The third-order valence-electron chi connectivity index (χ3n) is 3.53. The van der Waals surface area contributed by atoms with E-state index in [-0.39, 0.29) is 6.10 Å². The number of hydrogen-bond donors (Lipinski definition) is 0.